The van der Waals surface area contributed by atoms with E-state index in [4.69, 9.17) is 4.74 Å². The molecular weight excluding hydrogens is 368 g/mol. The molecule has 0 heterocycles. The molecule has 0 aliphatic heterocycles. The molecule has 0 amide bonds. The number of esters is 1. The number of Topliss-reactive ketones (excluding diaryl/α,β-unsaturated/α-hetero) is 1. The van der Waals surface area contributed by atoms with Crippen molar-refractivity contribution in [1.29, 1.82) is 0 Å². The molecule has 4 aliphatic rings. The van der Waals surface area contributed by atoms with Gasteiger partial charge in [-0.3, -0.25) is 14.4 Å². The second kappa shape index (κ2) is 6.63. The Bertz CT molecular complexity index is 838. The van der Waals surface area contributed by atoms with Gasteiger partial charge >= 0.3 is 5.97 Å². The van der Waals surface area contributed by atoms with Gasteiger partial charge in [-0.15, -0.1) is 0 Å². The summed E-state index contributed by atoms with van der Waals surface area (Å²) in [7, 11) is 0. The Morgan fingerprint density at radius 2 is 2.00 bits per heavy atom. The Morgan fingerprint density at radius 1 is 1.28 bits per heavy atom. The standard InChI is InChI=1S/C24H32O5/c1-14-11-20-18-6-5-16-12-17(26)7-9-22(16,3)19(18)8-10-23(20,4)24(14,28)21(27)13-29-15(2)25/h8,12,14,18,20,28H,5-7,9-11,13H2,1-4H3/t14-,18-,20-,22+,23+,24+/m1/s1. The number of ketones is 2. The summed E-state index contributed by atoms with van der Waals surface area (Å²) in [4.78, 5) is 36.2. The van der Waals surface area contributed by atoms with Gasteiger partial charge in [0.1, 0.15) is 5.60 Å². The van der Waals surface area contributed by atoms with Crippen molar-refractivity contribution in [1.82, 2.24) is 0 Å². The summed E-state index contributed by atoms with van der Waals surface area (Å²) in [5.74, 6) is -0.315. The average Bonchev–Trinajstić information content (AvgIpc) is 2.88. The molecule has 4 aliphatic carbocycles. The van der Waals surface area contributed by atoms with Crippen LogP contribution in [0.2, 0.25) is 0 Å². The van der Waals surface area contributed by atoms with E-state index in [0.717, 1.165) is 25.7 Å². The molecule has 4 rings (SSSR count). The second-order valence-corrected chi connectivity index (χ2v) is 10.1. The number of fused-ring (bicyclic) bond motifs is 5. The van der Waals surface area contributed by atoms with Gasteiger partial charge in [0, 0.05) is 24.2 Å². The van der Waals surface area contributed by atoms with E-state index in [9.17, 15) is 19.5 Å². The predicted octanol–water partition coefficient (Wildman–Crippen LogP) is 3.55. The van der Waals surface area contributed by atoms with Crippen molar-refractivity contribution >= 4 is 17.5 Å². The zero-order valence-corrected chi connectivity index (χ0v) is 17.9. The van der Waals surface area contributed by atoms with Crippen LogP contribution in [0.15, 0.2) is 23.3 Å². The second-order valence-electron chi connectivity index (χ2n) is 10.1. The smallest absolute Gasteiger partial charge is 0.303 e. The van der Waals surface area contributed by atoms with E-state index < -0.39 is 17.0 Å². The van der Waals surface area contributed by atoms with Crippen LogP contribution in [0, 0.1) is 28.6 Å². The Balaban J connectivity index is 1.70. The summed E-state index contributed by atoms with van der Waals surface area (Å²) in [5.41, 5.74) is 0.541. The minimum atomic E-state index is -1.49. The maximum Gasteiger partial charge on any atom is 0.303 e. The summed E-state index contributed by atoms with van der Waals surface area (Å²) >= 11 is 0. The van der Waals surface area contributed by atoms with Crippen molar-refractivity contribution < 1.29 is 24.2 Å². The maximum atomic E-state index is 13.0. The van der Waals surface area contributed by atoms with Crippen LogP contribution in [0.3, 0.4) is 0 Å². The van der Waals surface area contributed by atoms with E-state index in [-0.39, 0.29) is 35.4 Å². The van der Waals surface area contributed by atoms with Crippen LogP contribution in [-0.2, 0) is 19.1 Å². The summed E-state index contributed by atoms with van der Waals surface area (Å²) < 4.78 is 4.95. The first-order valence-electron chi connectivity index (χ1n) is 10.9. The lowest BCUT2D eigenvalue weighted by atomic mass is 9.50. The van der Waals surface area contributed by atoms with Crippen molar-refractivity contribution in [3.63, 3.8) is 0 Å². The van der Waals surface area contributed by atoms with Crippen LogP contribution >= 0.6 is 0 Å². The predicted molar refractivity (Wildman–Crippen MR) is 108 cm³/mol. The van der Waals surface area contributed by atoms with Gasteiger partial charge in [0.25, 0.3) is 0 Å². The molecule has 2 fully saturated rings. The monoisotopic (exact) mass is 400 g/mol. The summed E-state index contributed by atoms with van der Waals surface area (Å²) in [5, 5.41) is 11.7. The minimum Gasteiger partial charge on any atom is -0.458 e. The Morgan fingerprint density at radius 3 is 2.69 bits per heavy atom. The first kappa shape index (κ1) is 20.5. The third-order valence-corrected chi connectivity index (χ3v) is 8.75. The molecule has 0 aromatic heterocycles. The number of carbonyl (C=O) groups is 3. The topological polar surface area (TPSA) is 80.7 Å². The van der Waals surface area contributed by atoms with Crippen molar-refractivity contribution in [2.75, 3.05) is 6.61 Å². The first-order chi connectivity index (χ1) is 13.5. The fraction of sp³-hybridized carbons (Fsp3) is 0.708. The van der Waals surface area contributed by atoms with E-state index in [1.54, 1.807) is 0 Å². The van der Waals surface area contributed by atoms with Gasteiger partial charge in [-0.2, -0.15) is 0 Å². The third-order valence-electron chi connectivity index (χ3n) is 8.75. The molecular formula is C24H32O5. The van der Waals surface area contributed by atoms with Crippen molar-refractivity contribution in [3.8, 4) is 0 Å². The molecule has 5 heteroatoms. The molecule has 158 valence electrons. The molecule has 0 spiro atoms. The van der Waals surface area contributed by atoms with Gasteiger partial charge in [-0.1, -0.05) is 38.0 Å². The van der Waals surface area contributed by atoms with Gasteiger partial charge in [-0.25, -0.2) is 0 Å². The fourth-order valence-electron chi connectivity index (χ4n) is 7.07. The highest BCUT2D eigenvalue weighted by molar-refractivity contribution is 5.92. The highest BCUT2D eigenvalue weighted by Crippen LogP contribution is 2.66. The molecule has 0 unspecified atom stereocenters. The highest BCUT2D eigenvalue weighted by Gasteiger charge is 2.67. The Labute approximate surface area is 172 Å². The minimum absolute atomic E-state index is 0.0656. The number of allylic oxidation sites excluding steroid dienone is 4. The van der Waals surface area contributed by atoms with Gasteiger partial charge in [0.15, 0.2) is 12.4 Å². The zero-order valence-electron chi connectivity index (χ0n) is 17.9. The number of carbonyl (C=O) groups excluding carboxylic acids is 3. The van der Waals surface area contributed by atoms with Gasteiger partial charge in [0.05, 0.1) is 0 Å². The normalized spacial score (nSPS) is 43.5. The van der Waals surface area contributed by atoms with Crippen LogP contribution in [0.4, 0.5) is 0 Å². The lowest BCUT2D eigenvalue weighted by Crippen LogP contribution is -2.57. The Kier molecular flexibility index (Phi) is 4.69. The number of aliphatic hydroxyl groups is 1. The molecule has 0 saturated heterocycles. The fourth-order valence-corrected chi connectivity index (χ4v) is 7.07. The molecule has 29 heavy (non-hydrogen) atoms. The maximum absolute atomic E-state index is 13.0. The van der Waals surface area contributed by atoms with Gasteiger partial charge in [-0.05, 0) is 55.9 Å². The molecule has 1 N–H and O–H groups in total. The molecule has 0 radical (unpaired) electrons. The zero-order chi connectivity index (χ0) is 21.2. The molecule has 2 saturated carbocycles. The number of rotatable bonds is 3. The summed E-state index contributed by atoms with van der Waals surface area (Å²) in [6, 6.07) is 0. The largest absolute Gasteiger partial charge is 0.458 e. The summed E-state index contributed by atoms with van der Waals surface area (Å²) in [6.07, 6.45) is 8.85. The molecule has 0 aromatic carbocycles. The van der Waals surface area contributed by atoms with Crippen LogP contribution in [0.5, 0.6) is 0 Å². The van der Waals surface area contributed by atoms with Crippen LogP contribution in [-0.4, -0.2) is 34.9 Å². The SMILES string of the molecule is CC(=O)OCC(=O)[C@@]1(O)[C@H](C)C[C@@H]2[C@@H]3CCC4=CC(=O)CC[C@]4(C)C3=CC[C@@]21C. The van der Waals surface area contributed by atoms with E-state index >= 15 is 0 Å². The molecule has 5 nitrogen and oxygen atoms in total. The number of hydrogen-bond donors (Lipinski definition) is 1. The Hall–Kier alpha value is -1.75. The van der Waals surface area contributed by atoms with Crippen LogP contribution < -0.4 is 0 Å². The quantitative estimate of drug-likeness (QED) is 0.579. The molecule has 0 aromatic rings. The van der Waals surface area contributed by atoms with E-state index in [2.05, 4.69) is 13.0 Å². The lowest BCUT2D eigenvalue weighted by Gasteiger charge is -2.54. The first-order valence-corrected chi connectivity index (χ1v) is 10.9. The van der Waals surface area contributed by atoms with E-state index in [1.807, 2.05) is 19.9 Å². The van der Waals surface area contributed by atoms with E-state index in [0.29, 0.717) is 18.8 Å². The molecule has 6 atom stereocenters. The number of ether oxygens (including phenoxy) is 1. The third kappa shape index (κ3) is 2.73. The van der Waals surface area contributed by atoms with Crippen LogP contribution in [0.1, 0.15) is 66.2 Å². The van der Waals surface area contributed by atoms with Crippen molar-refractivity contribution in [3.05, 3.63) is 23.3 Å². The van der Waals surface area contributed by atoms with E-state index in [1.165, 1.54) is 18.1 Å². The lowest BCUT2D eigenvalue weighted by molar-refractivity contribution is -0.167. The summed E-state index contributed by atoms with van der Waals surface area (Å²) in [6.45, 7) is 7.16. The van der Waals surface area contributed by atoms with Gasteiger partial charge < -0.3 is 9.84 Å². The van der Waals surface area contributed by atoms with Crippen molar-refractivity contribution in [2.45, 2.75) is 71.8 Å². The van der Waals surface area contributed by atoms with Crippen LogP contribution in [0.25, 0.3) is 0 Å². The number of hydrogen-bond acceptors (Lipinski definition) is 5. The average molecular weight is 401 g/mol. The molecule has 0 bridgehead atoms. The van der Waals surface area contributed by atoms with Gasteiger partial charge in [0.2, 0.25) is 5.78 Å². The van der Waals surface area contributed by atoms with Crippen molar-refractivity contribution in [2.24, 2.45) is 28.6 Å². The highest BCUT2D eigenvalue weighted by atomic mass is 16.5.